The normalized spacial score (nSPS) is 10.4. The molecule has 0 aliphatic heterocycles. The number of hydrogen-bond acceptors (Lipinski definition) is 9. The molecule has 1 aromatic heterocycles. The third kappa shape index (κ3) is 4.82. The van der Waals surface area contributed by atoms with Crippen molar-refractivity contribution in [3.8, 4) is 11.5 Å². The minimum atomic E-state index is -1.09. The number of aromatic amines is 1. The molecule has 31 heavy (non-hydrogen) atoms. The van der Waals surface area contributed by atoms with Crippen molar-refractivity contribution in [3.05, 3.63) is 50.3 Å². The molecule has 0 aliphatic carbocycles. The smallest absolute Gasteiger partial charge is 0.345 e. The Morgan fingerprint density at radius 2 is 1.65 bits per heavy atom. The van der Waals surface area contributed by atoms with E-state index in [9.17, 15) is 24.5 Å². The maximum Gasteiger partial charge on any atom is 0.345 e. The zero-order valence-corrected chi connectivity index (χ0v) is 17.7. The van der Waals surface area contributed by atoms with E-state index in [-0.39, 0.29) is 29.4 Å². The van der Waals surface area contributed by atoms with Gasteiger partial charge in [-0.25, -0.2) is 9.59 Å². The van der Waals surface area contributed by atoms with E-state index in [1.807, 2.05) is 0 Å². The number of benzene rings is 1. The van der Waals surface area contributed by atoms with E-state index in [0.717, 1.165) is 12.1 Å². The number of aryl methyl sites for hydroxylation is 1. The molecular formula is C20H22N2O9. The van der Waals surface area contributed by atoms with E-state index in [0.29, 0.717) is 11.3 Å². The number of methoxy groups -OCH3 is 2. The molecule has 0 unspecified atom stereocenters. The monoisotopic (exact) mass is 434 g/mol. The van der Waals surface area contributed by atoms with Gasteiger partial charge in [0, 0.05) is 11.8 Å². The minimum absolute atomic E-state index is 0.0609. The number of ether oxygens (including phenoxy) is 4. The Morgan fingerprint density at radius 1 is 1.03 bits per heavy atom. The summed E-state index contributed by atoms with van der Waals surface area (Å²) < 4.78 is 20.0. The highest BCUT2D eigenvalue weighted by Gasteiger charge is 2.28. The molecule has 0 saturated heterocycles. The Bertz CT molecular complexity index is 1040. The lowest BCUT2D eigenvalue weighted by Gasteiger charge is -2.10. The van der Waals surface area contributed by atoms with E-state index < -0.39 is 40.5 Å². The summed E-state index contributed by atoms with van der Waals surface area (Å²) in [7, 11) is 2.60. The van der Waals surface area contributed by atoms with Gasteiger partial charge < -0.3 is 23.9 Å². The average Bonchev–Trinajstić information content (AvgIpc) is 3.04. The van der Waals surface area contributed by atoms with Crippen LogP contribution in [0.1, 0.15) is 49.4 Å². The van der Waals surface area contributed by atoms with Crippen LogP contribution in [-0.2, 0) is 9.47 Å². The molecule has 0 atom stereocenters. The number of hydrogen-bond donors (Lipinski definition) is 1. The van der Waals surface area contributed by atoms with Gasteiger partial charge in [0.15, 0.2) is 18.1 Å². The number of carbonyl (C=O) groups is 3. The molecule has 11 nitrogen and oxygen atoms in total. The predicted molar refractivity (Wildman–Crippen MR) is 107 cm³/mol. The van der Waals surface area contributed by atoms with Crippen LogP contribution in [0.25, 0.3) is 0 Å². The summed E-state index contributed by atoms with van der Waals surface area (Å²) in [4.78, 5) is 50.4. The van der Waals surface area contributed by atoms with Gasteiger partial charge in [-0.1, -0.05) is 0 Å². The molecule has 0 fully saturated rings. The fourth-order valence-electron chi connectivity index (χ4n) is 3.00. The fourth-order valence-corrected chi connectivity index (χ4v) is 3.00. The number of nitrogens with one attached hydrogen (secondary N) is 1. The Labute approximate surface area is 177 Å². The number of ketones is 1. The predicted octanol–water partition coefficient (Wildman–Crippen LogP) is 2.77. The third-order valence-corrected chi connectivity index (χ3v) is 4.45. The van der Waals surface area contributed by atoms with Gasteiger partial charge in [0.1, 0.15) is 5.56 Å². The largest absolute Gasteiger partial charge is 0.493 e. The first-order valence-electron chi connectivity index (χ1n) is 9.13. The molecule has 0 spiro atoms. The lowest BCUT2D eigenvalue weighted by molar-refractivity contribution is -0.385. The third-order valence-electron chi connectivity index (χ3n) is 4.45. The van der Waals surface area contributed by atoms with E-state index in [1.165, 1.54) is 14.2 Å². The molecule has 0 saturated carbocycles. The van der Waals surface area contributed by atoms with Gasteiger partial charge in [-0.15, -0.1) is 0 Å². The van der Waals surface area contributed by atoms with Crippen LogP contribution in [-0.4, -0.2) is 55.1 Å². The van der Waals surface area contributed by atoms with Gasteiger partial charge in [-0.05, 0) is 26.3 Å². The van der Waals surface area contributed by atoms with Gasteiger partial charge in [-0.3, -0.25) is 14.9 Å². The van der Waals surface area contributed by atoms with Gasteiger partial charge in [0.05, 0.1) is 43.1 Å². The van der Waals surface area contributed by atoms with Crippen LogP contribution in [0.5, 0.6) is 11.5 Å². The number of nitrogens with zero attached hydrogens (tertiary/aromatic N) is 1. The topological polar surface area (TPSA) is 147 Å². The second-order valence-electron chi connectivity index (χ2n) is 6.33. The highest BCUT2D eigenvalue weighted by molar-refractivity contribution is 6.03. The number of H-pyrrole nitrogens is 1. The number of rotatable bonds is 9. The van der Waals surface area contributed by atoms with Crippen LogP contribution >= 0.6 is 0 Å². The molecule has 0 amide bonds. The van der Waals surface area contributed by atoms with Crippen LogP contribution < -0.4 is 9.47 Å². The van der Waals surface area contributed by atoms with Gasteiger partial charge in [0.25, 0.3) is 5.69 Å². The summed E-state index contributed by atoms with van der Waals surface area (Å²) in [5.74, 6) is -2.14. The lowest BCUT2D eigenvalue weighted by atomic mass is 10.1. The Hall–Kier alpha value is -3.89. The molecule has 0 aliphatic rings. The SMILES string of the molecule is CCOC(=O)c1c(C)[nH]c(C(=O)COC(=O)c2cc(OC)c(OC)cc2[N+](=O)[O-])c1C. The Morgan fingerprint density at radius 3 is 2.19 bits per heavy atom. The summed E-state index contributed by atoms with van der Waals surface area (Å²) >= 11 is 0. The molecule has 1 heterocycles. The molecule has 11 heteroatoms. The van der Waals surface area contributed by atoms with Crippen LogP contribution in [0, 0.1) is 24.0 Å². The first-order chi connectivity index (χ1) is 14.7. The van der Waals surface area contributed by atoms with Crippen LogP contribution in [0.2, 0.25) is 0 Å². The molecule has 2 rings (SSSR count). The van der Waals surface area contributed by atoms with Crippen molar-refractivity contribution in [2.45, 2.75) is 20.8 Å². The summed E-state index contributed by atoms with van der Waals surface area (Å²) in [6, 6.07) is 2.13. The quantitative estimate of drug-likeness (QED) is 0.272. The van der Waals surface area contributed by atoms with E-state index in [1.54, 1.807) is 20.8 Å². The van der Waals surface area contributed by atoms with Crippen molar-refractivity contribution in [3.63, 3.8) is 0 Å². The summed E-state index contributed by atoms with van der Waals surface area (Å²) in [5, 5.41) is 11.3. The van der Waals surface area contributed by atoms with Crippen molar-refractivity contribution in [2.75, 3.05) is 27.4 Å². The maximum absolute atomic E-state index is 12.6. The highest BCUT2D eigenvalue weighted by Crippen LogP contribution is 2.34. The lowest BCUT2D eigenvalue weighted by Crippen LogP contribution is -2.17. The van der Waals surface area contributed by atoms with Crippen molar-refractivity contribution >= 4 is 23.4 Å². The Balaban J connectivity index is 2.25. The van der Waals surface area contributed by atoms with Crippen molar-refractivity contribution < 1.29 is 38.3 Å². The fraction of sp³-hybridized carbons (Fsp3) is 0.350. The van der Waals surface area contributed by atoms with Crippen LogP contribution in [0.4, 0.5) is 5.69 Å². The molecule has 0 bridgehead atoms. The zero-order valence-electron chi connectivity index (χ0n) is 17.7. The number of carbonyl (C=O) groups excluding carboxylic acids is 3. The molecule has 166 valence electrons. The molecule has 1 N–H and O–H groups in total. The van der Waals surface area contributed by atoms with Crippen molar-refractivity contribution in [1.82, 2.24) is 4.98 Å². The van der Waals surface area contributed by atoms with Crippen LogP contribution in [0.15, 0.2) is 12.1 Å². The number of Topliss-reactive ketones (excluding diaryl/α,β-unsaturated/α-hetero) is 1. The number of aromatic nitrogens is 1. The first kappa shape index (κ1) is 23.4. The number of esters is 2. The van der Waals surface area contributed by atoms with E-state index in [4.69, 9.17) is 18.9 Å². The molecule has 2 aromatic rings. The number of nitro benzene ring substituents is 1. The Kier molecular flexibility index (Phi) is 7.35. The molecule has 0 radical (unpaired) electrons. The summed E-state index contributed by atoms with van der Waals surface area (Å²) in [5.41, 5.74) is 0.131. The molecule has 1 aromatic carbocycles. The second-order valence-corrected chi connectivity index (χ2v) is 6.33. The summed E-state index contributed by atoms with van der Waals surface area (Å²) in [6.45, 7) is 4.30. The van der Waals surface area contributed by atoms with Gasteiger partial charge >= 0.3 is 11.9 Å². The van der Waals surface area contributed by atoms with E-state index in [2.05, 4.69) is 4.98 Å². The number of nitro groups is 1. The van der Waals surface area contributed by atoms with Crippen molar-refractivity contribution in [1.29, 1.82) is 0 Å². The van der Waals surface area contributed by atoms with Crippen LogP contribution in [0.3, 0.4) is 0 Å². The van der Waals surface area contributed by atoms with Gasteiger partial charge in [0.2, 0.25) is 5.78 Å². The molecular weight excluding hydrogens is 412 g/mol. The highest BCUT2D eigenvalue weighted by atomic mass is 16.6. The minimum Gasteiger partial charge on any atom is -0.493 e. The average molecular weight is 434 g/mol. The zero-order chi connectivity index (χ0) is 23.3. The van der Waals surface area contributed by atoms with E-state index >= 15 is 0 Å². The standard InChI is InChI=1S/C20H22N2O9/c1-6-30-20(25)17-10(2)18(21-11(17)3)14(23)9-31-19(24)12-7-15(28-4)16(29-5)8-13(12)22(26)27/h7-8,21H,6,9H2,1-5H3. The van der Waals surface area contributed by atoms with Crippen molar-refractivity contribution in [2.24, 2.45) is 0 Å². The first-order valence-corrected chi connectivity index (χ1v) is 9.13. The second kappa shape index (κ2) is 9.74. The summed E-state index contributed by atoms with van der Waals surface area (Å²) in [6.07, 6.45) is 0. The maximum atomic E-state index is 12.6. The van der Waals surface area contributed by atoms with Gasteiger partial charge in [-0.2, -0.15) is 0 Å².